The van der Waals surface area contributed by atoms with Crippen LogP contribution in [0.25, 0.3) is 11.0 Å². The molecule has 0 radical (unpaired) electrons. The van der Waals surface area contributed by atoms with E-state index < -0.39 is 18.1 Å². The van der Waals surface area contributed by atoms with Gasteiger partial charge in [-0.2, -0.15) is 13.2 Å². The maximum absolute atomic E-state index is 13.5. The van der Waals surface area contributed by atoms with Gasteiger partial charge in [0.2, 0.25) is 5.82 Å². The van der Waals surface area contributed by atoms with Gasteiger partial charge in [0.25, 0.3) is 5.91 Å². The van der Waals surface area contributed by atoms with Crippen molar-refractivity contribution in [1.29, 1.82) is 0 Å². The lowest BCUT2D eigenvalue weighted by Crippen LogP contribution is -2.42. The van der Waals surface area contributed by atoms with Crippen molar-refractivity contribution >= 4 is 16.9 Å². The van der Waals surface area contributed by atoms with Crippen LogP contribution in [-0.2, 0) is 28.8 Å². The molecule has 4 rings (SSSR count). The van der Waals surface area contributed by atoms with Crippen molar-refractivity contribution in [3.05, 3.63) is 59.9 Å². The fourth-order valence-electron chi connectivity index (χ4n) is 4.22. The Bertz CT molecular complexity index is 1160. The number of alkyl halides is 3. The molecular formula is C25H29F3N4O4. The molecule has 36 heavy (non-hydrogen) atoms. The molecule has 8 nitrogen and oxygen atoms in total. The Kier molecular flexibility index (Phi) is 8.12. The van der Waals surface area contributed by atoms with Crippen molar-refractivity contribution in [2.45, 2.75) is 25.4 Å². The van der Waals surface area contributed by atoms with Gasteiger partial charge in [0.1, 0.15) is 5.75 Å². The number of para-hydroxylation sites is 2. The van der Waals surface area contributed by atoms with Crippen molar-refractivity contribution in [2.24, 2.45) is 0 Å². The molecule has 11 heteroatoms. The number of aromatic nitrogens is 2. The summed E-state index contributed by atoms with van der Waals surface area (Å²) in [6.07, 6.45) is -5.66. The van der Waals surface area contributed by atoms with E-state index in [1.807, 2.05) is 17.0 Å². The molecule has 1 aliphatic heterocycles. The first-order chi connectivity index (χ1) is 17.2. The zero-order valence-corrected chi connectivity index (χ0v) is 19.9. The molecule has 194 valence electrons. The molecule has 0 spiro atoms. The molecule has 1 fully saturated rings. The predicted octanol–water partition coefficient (Wildman–Crippen LogP) is 2.79. The van der Waals surface area contributed by atoms with E-state index >= 15 is 0 Å². The number of ether oxygens (including phenoxy) is 2. The van der Waals surface area contributed by atoms with E-state index in [-0.39, 0.29) is 31.1 Å². The minimum Gasteiger partial charge on any atom is -0.484 e. The first-order valence-corrected chi connectivity index (χ1v) is 11.7. The van der Waals surface area contributed by atoms with Crippen molar-refractivity contribution < 1.29 is 32.5 Å². The lowest BCUT2D eigenvalue weighted by atomic mass is 10.2. The fraction of sp³-hybridized carbons (Fsp3) is 0.440. The van der Waals surface area contributed by atoms with Gasteiger partial charge in [-0.1, -0.05) is 24.3 Å². The van der Waals surface area contributed by atoms with Crippen LogP contribution in [0.4, 0.5) is 13.2 Å². The second kappa shape index (κ2) is 11.3. The second-order valence-electron chi connectivity index (χ2n) is 8.81. The number of morpholine rings is 1. The van der Waals surface area contributed by atoms with E-state index in [2.05, 4.69) is 4.98 Å². The van der Waals surface area contributed by atoms with Gasteiger partial charge in [0, 0.05) is 26.2 Å². The number of rotatable bonds is 9. The lowest BCUT2D eigenvalue weighted by Gasteiger charge is -2.26. The number of hydrogen-bond donors (Lipinski definition) is 1. The van der Waals surface area contributed by atoms with E-state index in [9.17, 15) is 23.1 Å². The highest BCUT2D eigenvalue weighted by Gasteiger charge is 2.38. The topological polar surface area (TPSA) is 80.1 Å². The van der Waals surface area contributed by atoms with Crippen LogP contribution in [0.1, 0.15) is 11.4 Å². The average molecular weight is 507 g/mol. The molecule has 2 aromatic carbocycles. The summed E-state index contributed by atoms with van der Waals surface area (Å²) in [6, 6.07) is 13.6. The van der Waals surface area contributed by atoms with Gasteiger partial charge in [-0.25, -0.2) is 4.98 Å². The number of hydrogen-bond acceptors (Lipinski definition) is 6. The van der Waals surface area contributed by atoms with Gasteiger partial charge in [-0.3, -0.25) is 9.69 Å². The van der Waals surface area contributed by atoms with E-state index in [4.69, 9.17) is 9.47 Å². The van der Waals surface area contributed by atoms with Crippen LogP contribution in [0, 0.1) is 0 Å². The standard InChI is InChI=1S/C25H29F3N4O4/c1-30(14-18-6-8-20(9-7-18)36-17-23(34)31-10-12-35-13-11-31)15-19(33)16-32-22-5-3-2-4-21(22)29-24(32)25(26,27)28/h2-9,19,33H,10-17H2,1H3/t19-/m0/s1. The molecule has 1 amide bonds. The Hall–Kier alpha value is -3.15. The van der Waals surface area contributed by atoms with E-state index in [0.29, 0.717) is 44.1 Å². The average Bonchev–Trinajstić information content (AvgIpc) is 3.22. The van der Waals surface area contributed by atoms with Crippen molar-refractivity contribution in [3.8, 4) is 5.75 Å². The summed E-state index contributed by atoms with van der Waals surface area (Å²) < 4.78 is 52.4. The van der Waals surface area contributed by atoms with Crippen LogP contribution in [0.5, 0.6) is 5.75 Å². The lowest BCUT2D eigenvalue weighted by molar-refractivity contribution is -0.147. The smallest absolute Gasteiger partial charge is 0.449 e. The van der Waals surface area contributed by atoms with Gasteiger partial charge < -0.3 is 24.0 Å². The summed E-state index contributed by atoms with van der Waals surface area (Å²) in [6.45, 7) is 2.55. The number of likely N-dealkylation sites (N-methyl/N-ethyl adjacent to an activating group) is 1. The third kappa shape index (κ3) is 6.54. The van der Waals surface area contributed by atoms with Crippen molar-refractivity contribution in [2.75, 3.05) is 46.5 Å². The monoisotopic (exact) mass is 506 g/mol. The Labute approximate surface area is 206 Å². The maximum atomic E-state index is 13.5. The van der Waals surface area contributed by atoms with Gasteiger partial charge in [-0.05, 0) is 36.9 Å². The highest BCUT2D eigenvalue weighted by Crippen LogP contribution is 2.31. The Balaban J connectivity index is 1.30. The van der Waals surface area contributed by atoms with Gasteiger partial charge in [-0.15, -0.1) is 0 Å². The summed E-state index contributed by atoms with van der Waals surface area (Å²) in [5, 5.41) is 10.6. The third-order valence-corrected chi connectivity index (χ3v) is 5.93. The van der Waals surface area contributed by atoms with Crippen LogP contribution in [0.15, 0.2) is 48.5 Å². The van der Waals surface area contributed by atoms with Crippen LogP contribution in [0.3, 0.4) is 0 Å². The molecule has 2 heterocycles. The molecule has 0 unspecified atom stereocenters. The molecule has 1 saturated heterocycles. The third-order valence-electron chi connectivity index (χ3n) is 5.93. The first kappa shape index (κ1) is 25.9. The largest absolute Gasteiger partial charge is 0.484 e. The zero-order valence-electron chi connectivity index (χ0n) is 19.9. The second-order valence-corrected chi connectivity index (χ2v) is 8.81. The SMILES string of the molecule is CN(Cc1ccc(OCC(=O)N2CCOCC2)cc1)C[C@H](O)Cn1c(C(F)(F)F)nc2ccccc21. The van der Waals surface area contributed by atoms with Gasteiger partial charge >= 0.3 is 6.18 Å². The molecule has 0 aliphatic carbocycles. The van der Waals surface area contributed by atoms with E-state index in [1.54, 1.807) is 42.3 Å². The molecule has 0 bridgehead atoms. The molecule has 1 aliphatic rings. The van der Waals surface area contributed by atoms with Crippen molar-refractivity contribution in [3.63, 3.8) is 0 Å². The summed E-state index contributed by atoms with van der Waals surface area (Å²) >= 11 is 0. The van der Waals surface area contributed by atoms with Gasteiger partial charge in [0.15, 0.2) is 6.61 Å². The Morgan fingerprint density at radius 1 is 1.17 bits per heavy atom. The van der Waals surface area contributed by atoms with E-state index in [0.717, 1.165) is 10.1 Å². The highest BCUT2D eigenvalue weighted by atomic mass is 19.4. The highest BCUT2D eigenvalue weighted by molar-refractivity contribution is 5.78. The summed E-state index contributed by atoms with van der Waals surface area (Å²) in [5.41, 5.74) is 1.49. The number of benzene rings is 2. The van der Waals surface area contributed by atoms with Crippen LogP contribution < -0.4 is 4.74 Å². The molecule has 0 saturated carbocycles. The first-order valence-electron chi connectivity index (χ1n) is 11.7. The number of halogens is 3. The molecule has 1 aromatic heterocycles. The number of carbonyl (C=O) groups excluding carboxylic acids is 1. The Morgan fingerprint density at radius 2 is 1.86 bits per heavy atom. The quantitative estimate of drug-likeness (QED) is 0.481. The molecular weight excluding hydrogens is 477 g/mol. The number of imidazole rings is 1. The Morgan fingerprint density at radius 3 is 2.56 bits per heavy atom. The number of carbonyl (C=O) groups is 1. The zero-order chi connectivity index (χ0) is 25.7. The number of amides is 1. The summed E-state index contributed by atoms with van der Waals surface area (Å²) in [4.78, 5) is 19.5. The van der Waals surface area contributed by atoms with E-state index in [1.165, 1.54) is 6.07 Å². The number of nitrogens with zero attached hydrogens (tertiary/aromatic N) is 4. The summed E-state index contributed by atoms with van der Waals surface area (Å²) in [7, 11) is 1.78. The number of aliphatic hydroxyl groups excluding tert-OH is 1. The summed E-state index contributed by atoms with van der Waals surface area (Å²) in [5.74, 6) is -0.543. The van der Waals surface area contributed by atoms with Crippen LogP contribution >= 0.6 is 0 Å². The molecule has 3 aromatic rings. The van der Waals surface area contributed by atoms with Crippen LogP contribution in [0.2, 0.25) is 0 Å². The predicted molar refractivity (Wildman–Crippen MR) is 126 cm³/mol. The number of aliphatic hydroxyl groups is 1. The minimum absolute atomic E-state index is 0.0473. The maximum Gasteiger partial charge on any atom is 0.449 e. The van der Waals surface area contributed by atoms with Crippen molar-refractivity contribution in [1.82, 2.24) is 19.4 Å². The normalized spacial score (nSPS) is 15.4. The molecule has 1 atom stereocenters. The van der Waals surface area contributed by atoms with Crippen LogP contribution in [-0.4, -0.2) is 83.0 Å². The number of fused-ring (bicyclic) bond motifs is 1. The molecule has 1 N–H and O–H groups in total. The minimum atomic E-state index is -4.62. The fourth-order valence-corrected chi connectivity index (χ4v) is 4.22. The van der Waals surface area contributed by atoms with Gasteiger partial charge in [0.05, 0.1) is 36.9 Å².